The number of nitrogens with one attached hydrogen (secondary N) is 3. The number of fused-ring (bicyclic) bond motifs is 3. The normalized spacial score (nSPS) is 19.5. The fraction of sp³-hybridized carbons (Fsp3) is 0.364. The highest BCUT2D eigenvalue weighted by Gasteiger charge is 2.40. The van der Waals surface area contributed by atoms with Crippen molar-refractivity contribution in [3.63, 3.8) is 0 Å². The largest absolute Gasteiger partial charge is 0.348 e. The van der Waals surface area contributed by atoms with Crippen molar-refractivity contribution in [1.82, 2.24) is 45.6 Å². The van der Waals surface area contributed by atoms with Crippen molar-refractivity contribution in [3.8, 4) is 11.3 Å². The molecule has 0 aliphatic carbocycles. The van der Waals surface area contributed by atoms with Crippen LogP contribution >= 0.6 is 0 Å². The van der Waals surface area contributed by atoms with Gasteiger partial charge in [0.2, 0.25) is 17.7 Å². The summed E-state index contributed by atoms with van der Waals surface area (Å²) < 4.78 is 1.63. The van der Waals surface area contributed by atoms with Crippen molar-refractivity contribution in [2.24, 2.45) is 0 Å². The van der Waals surface area contributed by atoms with E-state index >= 15 is 0 Å². The minimum absolute atomic E-state index is 0.0331. The molecule has 4 aromatic rings. The molecule has 2 atom stereocenters. The zero-order valence-corrected chi connectivity index (χ0v) is 25.7. The number of carbonyl (C=O) groups is 4. The van der Waals surface area contributed by atoms with Gasteiger partial charge < -0.3 is 20.4 Å². The van der Waals surface area contributed by atoms with E-state index in [1.54, 1.807) is 21.8 Å². The summed E-state index contributed by atoms with van der Waals surface area (Å²) in [6, 6.07) is 17.3. The lowest BCUT2D eigenvalue weighted by molar-refractivity contribution is -0.146. The first-order chi connectivity index (χ1) is 22.4. The number of rotatable bonds is 5. The van der Waals surface area contributed by atoms with E-state index < -0.39 is 18.0 Å². The Hall–Kier alpha value is -5.33. The molecule has 0 spiro atoms. The van der Waals surface area contributed by atoms with Crippen molar-refractivity contribution in [2.45, 2.75) is 57.8 Å². The Kier molecular flexibility index (Phi) is 9.18. The number of hydrogen-bond donors (Lipinski definition) is 3. The molecule has 4 amide bonds. The van der Waals surface area contributed by atoms with Crippen LogP contribution in [-0.4, -0.2) is 90.3 Å². The summed E-state index contributed by atoms with van der Waals surface area (Å²) in [6.07, 6.45) is 3.62. The first kappa shape index (κ1) is 30.7. The lowest BCUT2D eigenvalue weighted by Crippen LogP contribution is -2.64. The molecule has 4 heterocycles. The fourth-order valence-corrected chi connectivity index (χ4v) is 5.86. The van der Waals surface area contributed by atoms with E-state index in [1.807, 2.05) is 54.6 Å². The third-order valence-corrected chi connectivity index (χ3v) is 8.46. The van der Waals surface area contributed by atoms with Crippen LogP contribution in [0.5, 0.6) is 0 Å². The van der Waals surface area contributed by atoms with Crippen LogP contribution in [0.4, 0.5) is 0 Å². The van der Waals surface area contributed by atoms with Crippen LogP contribution in [0.1, 0.15) is 47.1 Å². The van der Waals surface area contributed by atoms with Crippen LogP contribution in [0.15, 0.2) is 66.9 Å². The highest BCUT2D eigenvalue weighted by atomic mass is 16.2. The maximum atomic E-state index is 14.2. The third kappa shape index (κ3) is 6.98. The number of aryl methyl sites for hydroxylation is 2. The first-order valence-electron chi connectivity index (χ1n) is 15.6. The van der Waals surface area contributed by atoms with Crippen LogP contribution in [0.2, 0.25) is 0 Å². The molecule has 2 aliphatic heterocycles. The van der Waals surface area contributed by atoms with E-state index in [2.05, 4.69) is 38.1 Å². The fourth-order valence-electron chi connectivity index (χ4n) is 5.86. The van der Waals surface area contributed by atoms with Crippen LogP contribution in [0.3, 0.4) is 0 Å². The van der Waals surface area contributed by atoms with Gasteiger partial charge in [0.15, 0.2) is 0 Å². The van der Waals surface area contributed by atoms with Gasteiger partial charge in [-0.2, -0.15) is 5.10 Å². The van der Waals surface area contributed by atoms with E-state index in [0.717, 1.165) is 17.5 Å². The molecule has 13 nitrogen and oxygen atoms in total. The van der Waals surface area contributed by atoms with Crippen molar-refractivity contribution in [3.05, 3.63) is 89.4 Å². The molecule has 13 heteroatoms. The number of aromatic nitrogens is 5. The highest BCUT2D eigenvalue weighted by molar-refractivity contribution is 5.96. The molecule has 0 unspecified atom stereocenters. The van der Waals surface area contributed by atoms with Gasteiger partial charge in [0.05, 0.1) is 25.0 Å². The van der Waals surface area contributed by atoms with Crippen LogP contribution < -0.4 is 10.6 Å². The molecule has 1 saturated heterocycles. The second-order valence-electron chi connectivity index (χ2n) is 11.6. The van der Waals surface area contributed by atoms with E-state index in [4.69, 9.17) is 0 Å². The summed E-state index contributed by atoms with van der Waals surface area (Å²) in [5.74, 6) is -1.39. The van der Waals surface area contributed by atoms with Crippen molar-refractivity contribution in [1.29, 1.82) is 0 Å². The van der Waals surface area contributed by atoms with Gasteiger partial charge >= 0.3 is 0 Å². The highest BCUT2D eigenvalue weighted by Crippen LogP contribution is 2.21. The van der Waals surface area contributed by atoms with Gasteiger partial charge in [0.25, 0.3) is 5.91 Å². The SMILES string of the molecule is CCc1ccc(-c2cc(C(=O)N3CCN4C(=O)[C@H](Cc5ccccc5)NC(=O)CCCn5cc(nn5)CNC(=O)[C@H]4C3)[nH]n2)cc1. The summed E-state index contributed by atoms with van der Waals surface area (Å²) in [5, 5.41) is 21.2. The average Bonchev–Trinajstić information content (AvgIpc) is 3.76. The Morgan fingerprint density at radius 1 is 0.978 bits per heavy atom. The monoisotopic (exact) mass is 623 g/mol. The number of amides is 4. The van der Waals surface area contributed by atoms with Crippen LogP contribution in [0, 0.1) is 0 Å². The minimum Gasteiger partial charge on any atom is -0.348 e. The topological polar surface area (TPSA) is 158 Å². The Balaban J connectivity index is 1.25. The van der Waals surface area contributed by atoms with Gasteiger partial charge in [-0.3, -0.25) is 29.0 Å². The van der Waals surface area contributed by atoms with Gasteiger partial charge in [0, 0.05) is 38.0 Å². The molecule has 2 aliphatic rings. The number of piperazine rings is 1. The summed E-state index contributed by atoms with van der Waals surface area (Å²) in [6.45, 7) is 2.94. The summed E-state index contributed by atoms with van der Waals surface area (Å²) >= 11 is 0. The minimum atomic E-state index is -0.996. The Morgan fingerprint density at radius 2 is 1.78 bits per heavy atom. The molecular formula is C33H37N9O4. The Labute approximate surface area is 266 Å². The number of nitrogens with zero attached hydrogens (tertiary/aromatic N) is 6. The molecule has 238 valence electrons. The van der Waals surface area contributed by atoms with Gasteiger partial charge in [-0.1, -0.05) is 66.7 Å². The van der Waals surface area contributed by atoms with Gasteiger partial charge in [-0.15, -0.1) is 5.10 Å². The third-order valence-electron chi connectivity index (χ3n) is 8.46. The van der Waals surface area contributed by atoms with Gasteiger partial charge in [0.1, 0.15) is 23.5 Å². The standard InChI is InChI=1S/C33H37N9O4/c1-2-22-10-12-24(13-11-22)26-18-28(38-37-26)32(45)40-15-16-42-29(21-40)31(44)34-19-25-20-41(39-36-25)14-6-9-30(43)35-27(33(42)46)17-23-7-4-3-5-8-23/h3-5,7-8,10-13,18,20,27,29H,2,6,9,14-17,19,21H2,1H3,(H,34,44)(H,35,43)(H,37,38)/t27-,29+/m0/s1. The molecule has 46 heavy (non-hydrogen) atoms. The average molecular weight is 624 g/mol. The number of benzene rings is 2. The van der Waals surface area contributed by atoms with Crippen molar-refractivity contribution < 1.29 is 19.2 Å². The van der Waals surface area contributed by atoms with Crippen LogP contribution in [0.25, 0.3) is 11.3 Å². The lowest BCUT2D eigenvalue weighted by Gasteiger charge is -2.41. The molecule has 0 saturated carbocycles. The van der Waals surface area contributed by atoms with E-state index in [9.17, 15) is 19.2 Å². The summed E-state index contributed by atoms with van der Waals surface area (Å²) in [5.41, 5.74) is 4.44. The Morgan fingerprint density at radius 3 is 2.57 bits per heavy atom. The molecule has 2 bridgehead atoms. The summed E-state index contributed by atoms with van der Waals surface area (Å²) in [7, 11) is 0. The number of aromatic amines is 1. The predicted octanol–water partition coefficient (Wildman–Crippen LogP) is 1.72. The van der Waals surface area contributed by atoms with Crippen molar-refractivity contribution >= 4 is 23.6 Å². The molecule has 2 aromatic carbocycles. The predicted molar refractivity (Wildman–Crippen MR) is 168 cm³/mol. The smallest absolute Gasteiger partial charge is 0.272 e. The number of carbonyl (C=O) groups excluding carboxylic acids is 4. The number of hydrogen-bond acceptors (Lipinski definition) is 7. The Bertz CT molecular complexity index is 1700. The summed E-state index contributed by atoms with van der Waals surface area (Å²) in [4.78, 5) is 57.6. The van der Waals surface area contributed by atoms with Crippen molar-refractivity contribution in [2.75, 3.05) is 19.6 Å². The van der Waals surface area contributed by atoms with E-state index in [1.165, 1.54) is 10.5 Å². The second kappa shape index (κ2) is 13.8. The van der Waals surface area contributed by atoms with E-state index in [-0.39, 0.29) is 62.4 Å². The van der Waals surface area contributed by atoms with Gasteiger partial charge in [-0.25, -0.2) is 0 Å². The van der Waals surface area contributed by atoms with Gasteiger partial charge in [-0.05, 0) is 30.0 Å². The molecular weight excluding hydrogens is 586 g/mol. The molecule has 6 rings (SSSR count). The molecule has 1 fully saturated rings. The quantitative estimate of drug-likeness (QED) is 0.305. The number of H-pyrrole nitrogens is 1. The zero-order valence-electron chi connectivity index (χ0n) is 25.7. The maximum absolute atomic E-state index is 14.2. The first-order valence-corrected chi connectivity index (χ1v) is 15.6. The molecule has 3 N–H and O–H groups in total. The maximum Gasteiger partial charge on any atom is 0.272 e. The second-order valence-corrected chi connectivity index (χ2v) is 11.6. The molecule has 0 radical (unpaired) electrons. The molecule has 2 aromatic heterocycles. The van der Waals surface area contributed by atoms with E-state index in [0.29, 0.717) is 24.4 Å². The lowest BCUT2D eigenvalue weighted by atomic mass is 10.0. The van der Waals surface area contributed by atoms with Crippen LogP contribution in [-0.2, 0) is 40.3 Å². The zero-order chi connectivity index (χ0) is 32.0.